The molecule has 1 unspecified atom stereocenters. The van der Waals surface area contributed by atoms with Gasteiger partial charge >= 0.3 is 0 Å². The van der Waals surface area contributed by atoms with Gasteiger partial charge in [0.25, 0.3) is 0 Å². The first kappa shape index (κ1) is 12.8. The van der Waals surface area contributed by atoms with Crippen LogP contribution in [0.25, 0.3) is 0 Å². The maximum atomic E-state index is 4.51. The third-order valence-electron chi connectivity index (χ3n) is 3.90. The van der Waals surface area contributed by atoms with Gasteiger partial charge in [0, 0.05) is 19.6 Å². The zero-order valence-electron chi connectivity index (χ0n) is 10.7. The van der Waals surface area contributed by atoms with Gasteiger partial charge < -0.3 is 4.90 Å². The molecule has 0 saturated heterocycles. The summed E-state index contributed by atoms with van der Waals surface area (Å²) in [4.78, 5) is 2.76. The first-order valence-corrected chi connectivity index (χ1v) is 7.78. The summed E-state index contributed by atoms with van der Waals surface area (Å²) in [7, 11) is 0. The molecule has 2 aliphatic carbocycles. The van der Waals surface area contributed by atoms with Gasteiger partial charge in [-0.2, -0.15) is 12.6 Å². The van der Waals surface area contributed by atoms with Crippen LogP contribution in [-0.2, 0) is 0 Å². The summed E-state index contributed by atoms with van der Waals surface area (Å²) in [5, 5.41) is 0. The van der Waals surface area contributed by atoms with Crippen molar-refractivity contribution >= 4 is 12.6 Å². The first-order valence-electron chi connectivity index (χ1n) is 7.15. The molecule has 2 saturated carbocycles. The van der Waals surface area contributed by atoms with E-state index in [2.05, 4.69) is 24.5 Å². The van der Waals surface area contributed by atoms with Crippen molar-refractivity contribution in [1.29, 1.82) is 0 Å². The summed E-state index contributed by atoms with van der Waals surface area (Å²) in [6.07, 6.45) is 8.61. The molecule has 94 valence electrons. The lowest BCUT2D eigenvalue weighted by molar-refractivity contribution is 0.216. The molecular weight excluding hydrogens is 214 g/mol. The summed E-state index contributed by atoms with van der Waals surface area (Å²) in [6.45, 7) is 6.36. The molecule has 0 amide bonds. The number of thiol groups is 1. The van der Waals surface area contributed by atoms with E-state index >= 15 is 0 Å². The van der Waals surface area contributed by atoms with Gasteiger partial charge in [0.1, 0.15) is 0 Å². The summed E-state index contributed by atoms with van der Waals surface area (Å²) in [6, 6.07) is 0. The van der Waals surface area contributed by atoms with E-state index in [1.54, 1.807) is 0 Å². The fraction of sp³-hybridized carbons (Fsp3) is 1.00. The third kappa shape index (κ3) is 4.67. The van der Waals surface area contributed by atoms with Crippen LogP contribution in [0.3, 0.4) is 0 Å². The molecule has 0 radical (unpaired) electrons. The minimum atomic E-state index is 0.825. The fourth-order valence-corrected chi connectivity index (χ4v) is 2.87. The van der Waals surface area contributed by atoms with Crippen molar-refractivity contribution in [2.45, 2.75) is 45.4 Å². The highest BCUT2D eigenvalue weighted by atomic mass is 32.1. The zero-order chi connectivity index (χ0) is 11.4. The Labute approximate surface area is 106 Å². The van der Waals surface area contributed by atoms with Crippen molar-refractivity contribution in [2.24, 2.45) is 17.8 Å². The van der Waals surface area contributed by atoms with E-state index in [0.717, 1.165) is 23.5 Å². The molecule has 2 heteroatoms. The van der Waals surface area contributed by atoms with Crippen LogP contribution in [0.1, 0.15) is 45.4 Å². The fourth-order valence-electron chi connectivity index (χ4n) is 2.57. The number of hydrogen-bond acceptors (Lipinski definition) is 2. The van der Waals surface area contributed by atoms with E-state index in [0.29, 0.717) is 0 Å². The van der Waals surface area contributed by atoms with Crippen LogP contribution in [-0.4, -0.2) is 30.3 Å². The summed E-state index contributed by atoms with van der Waals surface area (Å²) in [5.74, 6) is 3.98. The number of hydrogen-bond donors (Lipinski definition) is 1. The van der Waals surface area contributed by atoms with Crippen molar-refractivity contribution in [1.82, 2.24) is 4.90 Å². The minimum absolute atomic E-state index is 0.825. The van der Waals surface area contributed by atoms with E-state index in [-0.39, 0.29) is 0 Å². The van der Waals surface area contributed by atoms with E-state index in [1.165, 1.54) is 58.2 Å². The molecule has 0 bridgehead atoms. The molecule has 0 aromatic rings. The van der Waals surface area contributed by atoms with Crippen molar-refractivity contribution in [3.63, 3.8) is 0 Å². The van der Waals surface area contributed by atoms with Crippen molar-refractivity contribution in [3.05, 3.63) is 0 Å². The maximum absolute atomic E-state index is 4.51. The molecule has 16 heavy (non-hydrogen) atoms. The molecule has 1 nitrogen and oxygen atoms in total. The van der Waals surface area contributed by atoms with E-state index < -0.39 is 0 Å². The highest BCUT2D eigenvalue weighted by molar-refractivity contribution is 7.80. The quantitative estimate of drug-likeness (QED) is 0.605. The van der Waals surface area contributed by atoms with E-state index in [9.17, 15) is 0 Å². The average Bonchev–Trinajstić information content (AvgIpc) is 3.12. The highest BCUT2D eigenvalue weighted by Crippen LogP contribution is 2.34. The maximum Gasteiger partial charge on any atom is 0.00177 e. The standard InChI is InChI=1S/C14H27NS/c1-2-3-14(11-16)10-15(8-12-4-5-12)9-13-6-7-13/h12-14,16H,2-11H2,1H3. The van der Waals surface area contributed by atoms with Crippen LogP contribution < -0.4 is 0 Å². The van der Waals surface area contributed by atoms with Crippen LogP contribution in [0.2, 0.25) is 0 Å². The lowest BCUT2D eigenvalue weighted by atomic mass is 10.0. The van der Waals surface area contributed by atoms with Gasteiger partial charge in [-0.25, -0.2) is 0 Å². The molecule has 0 spiro atoms. The van der Waals surface area contributed by atoms with Gasteiger partial charge in [0.05, 0.1) is 0 Å². The molecule has 0 heterocycles. The van der Waals surface area contributed by atoms with Crippen LogP contribution in [0.5, 0.6) is 0 Å². The average molecular weight is 241 g/mol. The van der Waals surface area contributed by atoms with Crippen molar-refractivity contribution in [3.8, 4) is 0 Å². The largest absolute Gasteiger partial charge is 0.302 e. The zero-order valence-corrected chi connectivity index (χ0v) is 11.6. The van der Waals surface area contributed by atoms with Gasteiger partial charge in [-0.05, 0) is 55.6 Å². The molecule has 0 N–H and O–H groups in total. The van der Waals surface area contributed by atoms with Crippen LogP contribution >= 0.6 is 12.6 Å². The molecule has 2 fully saturated rings. The second-order valence-corrected chi connectivity index (χ2v) is 6.31. The Balaban J connectivity index is 1.73. The highest BCUT2D eigenvalue weighted by Gasteiger charge is 2.29. The Kier molecular flexibility index (Phi) is 5.02. The molecular formula is C14H27NS. The Hall–Kier alpha value is 0.310. The Morgan fingerprint density at radius 1 is 1.12 bits per heavy atom. The monoisotopic (exact) mass is 241 g/mol. The van der Waals surface area contributed by atoms with E-state index in [1.807, 2.05) is 0 Å². The lowest BCUT2D eigenvalue weighted by Gasteiger charge is -2.26. The van der Waals surface area contributed by atoms with Crippen molar-refractivity contribution in [2.75, 3.05) is 25.4 Å². The van der Waals surface area contributed by atoms with Gasteiger partial charge in [-0.15, -0.1) is 0 Å². The van der Waals surface area contributed by atoms with Gasteiger partial charge in [0.2, 0.25) is 0 Å². The second kappa shape index (κ2) is 6.30. The van der Waals surface area contributed by atoms with Crippen LogP contribution in [0, 0.1) is 17.8 Å². The molecule has 2 rings (SSSR count). The Morgan fingerprint density at radius 2 is 1.69 bits per heavy atom. The topological polar surface area (TPSA) is 3.24 Å². The summed E-state index contributed by atoms with van der Waals surface area (Å²) >= 11 is 4.51. The Morgan fingerprint density at radius 3 is 2.06 bits per heavy atom. The SMILES string of the molecule is CCCC(CS)CN(CC1CC1)CC1CC1. The first-order chi connectivity index (χ1) is 7.81. The number of nitrogens with zero attached hydrogens (tertiary/aromatic N) is 1. The van der Waals surface area contributed by atoms with E-state index in [4.69, 9.17) is 0 Å². The molecule has 0 aromatic carbocycles. The second-order valence-electron chi connectivity index (χ2n) is 5.94. The minimum Gasteiger partial charge on any atom is -0.302 e. The van der Waals surface area contributed by atoms with Gasteiger partial charge in [-0.3, -0.25) is 0 Å². The molecule has 0 aromatic heterocycles. The predicted octanol–water partition coefficient (Wildman–Crippen LogP) is 3.45. The summed E-state index contributed by atoms with van der Waals surface area (Å²) < 4.78 is 0. The Bertz CT molecular complexity index is 185. The number of rotatable bonds is 9. The molecule has 2 aliphatic rings. The van der Waals surface area contributed by atoms with Gasteiger partial charge in [0.15, 0.2) is 0 Å². The molecule has 1 atom stereocenters. The van der Waals surface area contributed by atoms with Gasteiger partial charge in [-0.1, -0.05) is 13.3 Å². The van der Waals surface area contributed by atoms with Crippen molar-refractivity contribution < 1.29 is 0 Å². The van der Waals surface area contributed by atoms with Crippen LogP contribution in [0.15, 0.2) is 0 Å². The van der Waals surface area contributed by atoms with Crippen LogP contribution in [0.4, 0.5) is 0 Å². The smallest absolute Gasteiger partial charge is 0.00177 e. The lowest BCUT2D eigenvalue weighted by Crippen LogP contribution is -2.34. The third-order valence-corrected chi connectivity index (χ3v) is 4.41. The molecule has 0 aliphatic heterocycles. The summed E-state index contributed by atoms with van der Waals surface area (Å²) in [5.41, 5.74) is 0. The normalized spacial score (nSPS) is 22.7. The predicted molar refractivity (Wildman–Crippen MR) is 74.1 cm³/mol.